The molecule has 144 valence electrons. The van der Waals surface area contributed by atoms with Crippen molar-refractivity contribution in [3.8, 4) is 0 Å². The number of carbonyl (C=O) groups is 2. The van der Waals surface area contributed by atoms with E-state index in [0.717, 1.165) is 37.7 Å². The Labute approximate surface area is 158 Å². The number of hydrogen-bond donors (Lipinski definition) is 2. The van der Waals surface area contributed by atoms with E-state index in [1.165, 1.54) is 44.9 Å². The van der Waals surface area contributed by atoms with Gasteiger partial charge in [0.1, 0.15) is 0 Å². The Hall–Kier alpha value is -1.84. The molecule has 1 aliphatic carbocycles. The molecule has 2 amide bonds. The molecule has 1 aromatic rings. The van der Waals surface area contributed by atoms with Crippen LogP contribution in [-0.2, 0) is 16.0 Å². The van der Waals surface area contributed by atoms with Gasteiger partial charge >= 0.3 is 11.8 Å². The van der Waals surface area contributed by atoms with Crippen molar-refractivity contribution in [1.29, 1.82) is 0 Å². The summed E-state index contributed by atoms with van der Waals surface area (Å²) >= 11 is 0. The Kier molecular flexibility index (Phi) is 9.84. The van der Waals surface area contributed by atoms with E-state index in [0.29, 0.717) is 6.54 Å². The van der Waals surface area contributed by atoms with Gasteiger partial charge < -0.3 is 10.6 Å². The summed E-state index contributed by atoms with van der Waals surface area (Å²) in [4.78, 5) is 24.3. The molecule has 0 heterocycles. The van der Waals surface area contributed by atoms with E-state index in [-0.39, 0.29) is 6.04 Å². The van der Waals surface area contributed by atoms with Crippen LogP contribution in [0.25, 0.3) is 0 Å². The van der Waals surface area contributed by atoms with Crippen molar-refractivity contribution in [3.63, 3.8) is 0 Å². The summed E-state index contributed by atoms with van der Waals surface area (Å²) in [6.45, 7) is 0.487. The molecule has 4 nitrogen and oxygen atoms in total. The maximum atomic E-state index is 12.2. The monoisotopic (exact) mass is 358 g/mol. The van der Waals surface area contributed by atoms with Gasteiger partial charge in [0.2, 0.25) is 0 Å². The SMILES string of the molecule is O=C(NCCc1ccccc1)C(=O)NC1CCCCCCCCCCC1. The zero-order valence-corrected chi connectivity index (χ0v) is 16.0. The Balaban J connectivity index is 1.71. The zero-order chi connectivity index (χ0) is 18.5. The number of amides is 2. The molecule has 2 N–H and O–H groups in total. The van der Waals surface area contributed by atoms with Crippen LogP contribution >= 0.6 is 0 Å². The quantitative estimate of drug-likeness (QED) is 0.795. The van der Waals surface area contributed by atoms with Gasteiger partial charge in [0, 0.05) is 12.6 Å². The van der Waals surface area contributed by atoms with E-state index in [9.17, 15) is 9.59 Å². The molecule has 0 spiro atoms. The molecule has 1 aromatic carbocycles. The highest BCUT2D eigenvalue weighted by atomic mass is 16.2. The molecule has 0 aliphatic heterocycles. The van der Waals surface area contributed by atoms with Crippen molar-refractivity contribution in [2.75, 3.05) is 6.54 Å². The van der Waals surface area contributed by atoms with Crippen LogP contribution in [0.5, 0.6) is 0 Å². The van der Waals surface area contributed by atoms with E-state index in [1.807, 2.05) is 30.3 Å². The minimum absolute atomic E-state index is 0.141. The molecule has 0 aromatic heterocycles. The molecule has 0 atom stereocenters. The predicted molar refractivity (Wildman–Crippen MR) is 106 cm³/mol. The van der Waals surface area contributed by atoms with Gasteiger partial charge in [-0.1, -0.05) is 88.1 Å². The molecule has 1 aliphatic rings. The molecular weight excluding hydrogens is 324 g/mol. The number of carbonyl (C=O) groups excluding carboxylic acids is 2. The third-order valence-corrected chi connectivity index (χ3v) is 5.19. The van der Waals surface area contributed by atoms with E-state index >= 15 is 0 Å². The number of nitrogens with one attached hydrogen (secondary N) is 2. The van der Waals surface area contributed by atoms with Gasteiger partial charge in [0.15, 0.2) is 0 Å². The van der Waals surface area contributed by atoms with Gasteiger partial charge in [-0.2, -0.15) is 0 Å². The minimum Gasteiger partial charge on any atom is -0.348 e. The van der Waals surface area contributed by atoms with Gasteiger partial charge in [0.25, 0.3) is 0 Å². The highest BCUT2D eigenvalue weighted by Crippen LogP contribution is 2.16. The first kappa shape index (κ1) is 20.5. The highest BCUT2D eigenvalue weighted by molar-refractivity contribution is 6.35. The summed E-state index contributed by atoms with van der Waals surface area (Å²) in [6, 6.07) is 10.1. The van der Waals surface area contributed by atoms with Crippen LogP contribution in [0.1, 0.15) is 76.2 Å². The van der Waals surface area contributed by atoms with Crippen LogP contribution in [0.2, 0.25) is 0 Å². The Morgan fingerprint density at radius 3 is 1.88 bits per heavy atom. The van der Waals surface area contributed by atoms with Crippen LogP contribution in [0.15, 0.2) is 30.3 Å². The number of rotatable bonds is 4. The van der Waals surface area contributed by atoms with Gasteiger partial charge in [-0.25, -0.2) is 0 Å². The molecule has 1 saturated carbocycles. The Morgan fingerprint density at radius 2 is 1.31 bits per heavy atom. The summed E-state index contributed by atoms with van der Waals surface area (Å²) in [5, 5.41) is 5.71. The Morgan fingerprint density at radius 1 is 0.769 bits per heavy atom. The van der Waals surface area contributed by atoms with Gasteiger partial charge in [0.05, 0.1) is 0 Å². The van der Waals surface area contributed by atoms with E-state index in [2.05, 4.69) is 10.6 Å². The minimum atomic E-state index is -0.507. The molecule has 26 heavy (non-hydrogen) atoms. The molecule has 4 heteroatoms. The third kappa shape index (κ3) is 8.50. The molecule has 0 saturated heterocycles. The second-order valence-electron chi connectivity index (χ2n) is 7.42. The van der Waals surface area contributed by atoms with Crippen LogP contribution in [-0.4, -0.2) is 24.4 Å². The van der Waals surface area contributed by atoms with Gasteiger partial charge in [-0.15, -0.1) is 0 Å². The van der Waals surface area contributed by atoms with Crippen molar-refractivity contribution in [2.24, 2.45) is 0 Å². The first-order valence-corrected chi connectivity index (χ1v) is 10.4. The van der Waals surface area contributed by atoms with Crippen LogP contribution in [0, 0.1) is 0 Å². The lowest BCUT2D eigenvalue weighted by atomic mass is 9.98. The fourth-order valence-electron chi connectivity index (χ4n) is 3.60. The maximum Gasteiger partial charge on any atom is 0.309 e. The van der Waals surface area contributed by atoms with E-state index in [4.69, 9.17) is 0 Å². The first-order chi connectivity index (χ1) is 12.8. The molecule has 2 rings (SSSR count). The normalized spacial score (nSPS) is 17.5. The lowest BCUT2D eigenvalue weighted by Crippen LogP contribution is -2.45. The van der Waals surface area contributed by atoms with Crippen molar-refractivity contribution < 1.29 is 9.59 Å². The van der Waals surface area contributed by atoms with Crippen LogP contribution in [0.4, 0.5) is 0 Å². The summed E-state index contributed by atoms with van der Waals surface area (Å²) in [5.74, 6) is -0.984. The summed E-state index contributed by atoms with van der Waals surface area (Å²) in [7, 11) is 0. The fourth-order valence-corrected chi connectivity index (χ4v) is 3.60. The Bertz CT molecular complexity index is 518. The van der Waals surface area contributed by atoms with Crippen molar-refractivity contribution in [2.45, 2.75) is 83.1 Å². The zero-order valence-electron chi connectivity index (χ0n) is 16.0. The number of hydrogen-bond acceptors (Lipinski definition) is 2. The van der Waals surface area contributed by atoms with Crippen LogP contribution < -0.4 is 10.6 Å². The summed E-state index contributed by atoms with van der Waals surface area (Å²) < 4.78 is 0. The van der Waals surface area contributed by atoms with Crippen LogP contribution in [0.3, 0.4) is 0 Å². The largest absolute Gasteiger partial charge is 0.348 e. The number of benzene rings is 1. The van der Waals surface area contributed by atoms with Crippen molar-refractivity contribution in [1.82, 2.24) is 10.6 Å². The van der Waals surface area contributed by atoms with E-state index < -0.39 is 11.8 Å². The molecule has 0 radical (unpaired) electrons. The average molecular weight is 359 g/mol. The molecule has 0 unspecified atom stereocenters. The molecule has 0 bridgehead atoms. The van der Waals surface area contributed by atoms with E-state index in [1.54, 1.807) is 0 Å². The lowest BCUT2D eigenvalue weighted by molar-refractivity contribution is -0.139. The molecule has 1 fully saturated rings. The highest BCUT2D eigenvalue weighted by Gasteiger charge is 2.18. The van der Waals surface area contributed by atoms with Gasteiger partial charge in [-0.3, -0.25) is 9.59 Å². The lowest BCUT2D eigenvalue weighted by Gasteiger charge is -2.19. The third-order valence-electron chi connectivity index (χ3n) is 5.19. The topological polar surface area (TPSA) is 58.2 Å². The second-order valence-corrected chi connectivity index (χ2v) is 7.42. The maximum absolute atomic E-state index is 12.2. The summed E-state index contributed by atoms with van der Waals surface area (Å²) in [5.41, 5.74) is 1.16. The van der Waals surface area contributed by atoms with Gasteiger partial charge in [-0.05, 0) is 24.8 Å². The average Bonchev–Trinajstić information content (AvgIpc) is 2.64. The second kappa shape index (κ2) is 12.5. The fraction of sp³-hybridized carbons (Fsp3) is 0.636. The summed E-state index contributed by atoms with van der Waals surface area (Å²) in [6.07, 6.45) is 14.1. The van der Waals surface area contributed by atoms with Crippen molar-refractivity contribution >= 4 is 11.8 Å². The van der Waals surface area contributed by atoms with Crippen molar-refractivity contribution in [3.05, 3.63) is 35.9 Å². The predicted octanol–water partition coefficient (Wildman–Crippen LogP) is 4.13. The standard InChI is InChI=1S/C22H34N2O2/c25-21(23-18-17-19-13-9-8-10-14-19)22(26)24-20-15-11-6-4-2-1-3-5-7-12-16-20/h8-10,13-14,20H,1-7,11-12,15-18H2,(H,23,25)(H,24,26). The smallest absolute Gasteiger partial charge is 0.309 e. The first-order valence-electron chi connectivity index (χ1n) is 10.4. The molecular formula is C22H34N2O2.